The molecule has 0 atom stereocenters. The lowest BCUT2D eigenvalue weighted by Crippen LogP contribution is -2.10. The molecule has 1 aromatic rings. The lowest BCUT2D eigenvalue weighted by atomic mass is 10.3. The molecule has 0 aliphatic carbocycles. The van der Waals surface area contributed by atoms with Crippen LogP contribution in [0.2, 0.25) is 0 Å². The maximum atomic E-state index is 10.9. The Balaban J connectivity index is 2.76. The molecule has 0 saturated heterocycles. The van der Waals surface area contributed by atoms with E-state index in [0.29, 0.717) is 17.8 Å². The molecule has 0 unspecified atom stereocenters. The first-order valence-electron chi connectivity index (χ1n) is 3.51. The number of nitriles is 1. The Morgan fingerprint density at radius 3 is 3.25 bits per heavy atom. The van der Waals surface area contributed by atoms with Crippen LogP contribution in [0.1, 0.15) is 18.9 Å². The quantitative estimate of drug-likeness (QED) is 0.672. The maximum Gasteiger partial charge on any atom is 0.225 e. The van der Waals surface area contributed by atoms with Gasteiger partial charge in [-0.3, -0.25) is 9.89 Å². The second kappa shape index (κ2) is 3.53. The molecular weight excluding hydrogens is 156 g/mol. The molecule has 0 aromatic carbocycles. The van der Waals surface area contributed by atoms with E-state index in [9.17, 15) is 4.79 Å². The molecule has 1 aromatic heterocycles. The predicted octanol–water partition coefficient (Wildman–Crippen LogP) is 0.630. The van der Waals surface area contributed by atoms with Crippen LogP contribution in [0.4, 0.5) is 5.82 Å². The van der Waals surface area contributed by atoms with E-state index < -0.39 is 0 Å². The van der Waals surface area contributed by atoms with E-state index in [1.807, 2.05) is 6.07 Å². The van der Waals surface area contributed by atoms with Crippen molar-refractivity contribution in [2.75, 3.05) is 5.32 Å². The predicted molar refractivity (Wildman–Crippen MR) is 42.2 cm³/mol. The summed E-state index contributed by atoms with van der Waals surface area (Å²) in [6.07, 6.45) is 1.75. The highest BCUT2D eigenvalue weighted by atomic mass is 16.1. The normalized spacial score (nSPS) is 9.00. The molecule has 12 heavy (non-hydrogen) atoms. The van der Waals surface area contributed by atoms with Crippen LogP contribution in [0.3, 0.4) is 0 Å². The van der Waals surface area contributed by atoms with E-state index in [1.54, 1.807) is 6.92 Å². The van der Waals surface area contributed by atoms with Gasteiger partial charge in [0, 0.05) is 6.42 Å². The van der Waals surface area contributed by atoms with E-state index in [4.69, 9.17) is 5.26 Å². The Morgan fingerprint density at radius 1 is 1.92 bits per heavy atom. The summed E-state index contributed by atoms with van der Waals surface area (Å²) < 4.78 is 0. The molecule has 0 fully saturated rings. The Morgan fingerprint density at radius 2 is 2.67 bits per heavy atom. The minimum atomic E-state index is -0.143. The zero-order valence-corrected chi connectivity index (χ0v) is 6.59. The zero-order valence-electron chi connectivity index (χ0n) is 6.59. The largest absolute Gasteiger partial charge is 0.310 e. The number of anilines is 1. The van der Waals surface area contributed by atoms with E-state index in [0.717, 1.165) is 0 Å². The molecule has 0 spiro atoms. The molecule has 1 heterocycles. The van der Waals surface area contributed by atoms with Crippen LogP contribution in [0.5, 0.6) is 0 Å². The molecule has 2 N–H and O–H groups in total. The number of aromatic nitrogens is 2. The van der Waals surface area contributed by atoms with Gasteiger partial charge in [-0.25, -0.2) is 0 Å². The molecule has 0 bridgehead atoms. The number of carbonyl (C=O) groups excluding carboxylic acids is 1. The number of rotatable bonds is 2. The van der Waals surface area contributed by atoms with E-state index in [2.05, 4.69) is 15.5 Å². The number of amides is 1. The standard InChI is InChI=1S/C7H8N4O/c1-2-6(12)10-7-5(3-8)4-9-11-7/h4H,2H2,1H3,(H2,9,10,11,12). The van der Waals surface area contributed by atoms with Gasteiger partial charge in [0.1, 0.15) is 17.5 Å². The molecule has 0 aliphatic rings. The van der Waals surface area contributed by atoms with Gasteiger partial charge in [0.05, 0.1) is 6.20 Å². The molecule has 5 heteroatoms. The van der Waals surface area contributed by atoms with Gasteiger partial charge in [-0.2, -0.15) is 10.4 Å². The molecule has 62 valence electrons. The summed E-state index contributed by atoms with van der Waals surface area (Å²) in [5.41, 5.74) is 0.344. The molecule has 0 aliphatic heterocycles. The average Bonchev–Trinajstić information content (AvgIpc) is 2.51. The number of H-pyrrole nitrogens is 1. The summed E-state index contributed by atoms with van der Waals surface area (Å²) in [5.74, 6) is 0.222. The highest BCUT2D eigenvalue weighted by Crippen LogP contribution is 2.08. The fraction of sp³-hybridized carbons (Fsp3) is 0.286. The first kappa shape index (κ1) is 8.27. The van der Waals surface area contributed by atoms with Crippen LogP contribution in [-0.2, 0) is 4.79 Å². The van der Waals surface area contributed by atoms with Crippen LogP contribution >= 0.6 is 0 Å². The number of hydrogen-bond acceptors (Lipinski definition) is 3. The second-order valence-electron chi connectivity index (χ2n) is 2.17. The van der Waals surface area contributed by atoms with Crippen LogP contribution in [-0.4, -0.2) is 16.1 Å². The third-order valence-corrected chi connectivity index (χ3v) is 1.35. The van der Waals surface area contributed by atoms with E-state index >= 15 is 0 Å². The minimum Gasteiger partial charge on any atom is -0.310 e. The first-order valence-corrected chi connectivity index (χ1v) is 3.51. The van der Waals surface area contributed by atoms with Gasteiger partial charge in [-0.15, -0.1) is 0 Å². The number of carbonyl (C=O) groups is 1. The van der Waals surface area contributed by atoms with Crippen LogP contribution in [0, 0.1) is 11.3 Å². The van der Waals surface area contributed by atoms with E-state index in [-0.39, 0.29) is 5.91 Å². The molecule has 1 amide bonds. The van der Waals surface area contributed by atoms with Crippen molar-refractivity contribution in [1.82, 2.24) is 10.2 Å². The smallest absolute Gasteiger partial charge is 0.225 e. The zero-order chi connectivity index (χ0) is 8.97. The van der Waals surface area contributed by atoms with Crippen molar-refractivity contribution in [2.45, 2.75) is 13.3 Å². The van der Waals surface area contributed by atoms with Crippen molar-refractivity contribution in [3.8, 4) is 6.07 Å². The monoisotopic (exact) mass is 164 g/mol. The maximum absolute atomic E-state index is 10.9. The first-order chi connectivity index (χ1) is 5.77. The fourth-order valence-corrected chi connectivity index (χ4v) is 0.694. The van der Waals surface area contributed by atoms with Crippen molar-refractivity contribution in [1.29, 1.82) is 5.26 Å². The Hall–Kier alpha value is -1.83. The highest BCUT2D eigenvalue weighted by molar-refractivity contribution is 5.90. The van der Waals surface area contributed by atoms with Crippen molar-refractivity contribution in [2.24, 2.45) is 0 Å². The van der Waals surface area contributed by atoms with Gasteiger partial charge in [0.25, 0.3) is 0 Å². The fourth-order valence-electron chi connectivity index (χ4n) is 0.694. The van der Waals surface area contributed by atoms with Crippen molar-refractivity contribution >= 4 is 11.7 Å². The van der Waals surface area contributed by atoms with Gasteiger partial charge in [0.2, 0.25) is 5.91 Å². The topological polar surface area (TPSA) is 81.6 Å². The highest BCUT2D eigenvalue weighted by Gasteiger charge is 2.05. The number of hydrogen-bond donors (Lipinski definition) is 2. The Kier molecular flexibility index (Phi) is 2.43. The van der Waals surface area contributed by atoms with Crippen LogP contribution in [0.15, 0.2) is 6.20 Å². The minimum absolute atomic E-state index is 0.143. The third-order valence-electron chi connectivity index (χ3n) is 1.35. The molecule has 0 radical (unpaired) electrons. The Labute approximate surface area is 69.4 Å². The summed E-state index contributed by atoms with van der Waals surface area (Å²) in [7, 11) is 0. The van der Waals surface area contributed by atoms with Crippen molar-refractivity contribution < 1.29 is 4.79 Å². The van der Waals surface area contributed by atoms with Gasteiger partial charge in [0.15, 0.2) is 0 Å². The van der Waals surface area contributed by atoms with Crippen LogP contribution in [0.25, 0.3) is 0 Å². The Bertz CT molecular complexity index is 322. The van der Waals surface area contributed by atoms with Gasteiger partial charge in [-0.05, 0) is 0 Å². The summed E-state index contributed by atoms with van der Waals surface area (Å²) in [6.45, 7) is 1.73. The number of aromatic amines is 1. The lowest BCUT2D eigenvalue weighted by Gasteiger charge is -1.98. The van der Waals surface area contributed by atoms with Gasteiger partial charge < -0.3 is 5.32 Å². The van der Waals surface area contributed by atoms with Crippen LogP contribution < -0.4 is 5.32 Å². The summed E-state index contributed by atoms with van der Waals surface area (Å²) >= 11 is 0. The summed E-state index contributed by atoms with van der Waals surface area (Å²) in [6, 6.07) is 1.90. The second-order valence-corrected chi connectivity index (χ2v) is 2.17. The third kappa shape index (κ3) is 1.61. The SMILES string of the molecule is CCC(=O)Nc1[nH]ncc1C#N. The van der Waals surface area contributed by atoms with E-state index in [1.165, 1.54) is 6.20 Å². The van der Waals surface area contributed by atoms with Gasteiger partial charge >= 0.3 is 0 Å². The average molecular weight is 164 g/mol. The summed E-state index contributed by atoms with van der Waals surface area (Å²) in [4.78, 5) is 10.9. The molecule has 1 rings (SSSR count). The number of nitrogens with zero attached hydrogens (tertiary/aromatic N) is 2. The lowest BCUT2D eigenvalue weighted by molar-refractivity contribution is -0.115. The number of nitrogens with one attached hydrogen (secondary N) is 2. The molecule has 0 saturated carbocycles. The van der Waals surface area contributed by atoms with Crippen molar-refractivity contribution in [3.05, 3.63) is 11.8 Å². The van der Waals surface area contributed by atoms with Gasteiger partial charge in [-0.1, -0.05) is 6.92 Å². The van der Waals surface area contributed by atoms with Crippen molar-refractivity contribution in [3.63, 3.8) is 0 Å². The molecule has 5 nitrogen and oxygen atoms in total. The molecular formula is C7H8N4O. The summed E-state index contributed by atoms with van der Waals surface area (Å²) in [5, 5.41) is 17.2.